The first-order valence-corrected chi connectivity index (χ1v) is 5.52. The fourth-order valence-corrected chi connectivity index (χ4v) is 0.897. The van der Waals surface area contributed by atoms with E-state index in [9.17, 15) is 9.18 Å². The van der Waals surface area contributed by atoms with Crippen LogP contribution in [0, 0.1) is 17.1 Å². The summed E-state index contributed by atoms with van der Waals surface area (Å²) < 4.78 is 12.8. The molecule has 0 fully saturated rings. The molecule has 0 atom stereocenters. The highest BCUT2D eigenvalue weighted by Gasteiger charge is 2.07. The lowest BCUT2D eigenvalue weighted by molar-refractivity contribution is 0.0963. The first-order chi connectivity index (χ1) is 8.10. The molecule has 0 aliphatic heterocycles. The van der Waals surface area contributed by atoms with E-state index in [1.165, 1.54) is 32.0 Å². The summed E-state index contributed by atoms with van der Waals surface area (Å²) in [6.07, 6.45) is 2.64. The number of carbonyl (C=O) groups excluding carboxylic acids is 1. The predicted molar refractivity (Wildman–Crippen MR) is 65.1 cm³/mol. The van der Waals surface area contributed by atoms with Gasteiger partial charge in [0.1, 0.15) is 11.9 Å². The monoisotopic (exact) mass is 236 g/mol. The molecule has 17 heavy (non-hydrogen) atoms. The molecule has 4 heteroatoms. The summed E-state index contributed by atoms with van der Waals surface area (Å²) in [5.74, 6) is -0.952. The normalized spacial score (nSPS) is 8.65. The Labute approximate surface area is 101 Å². The topological polar surface area (TPSA) is 52.9 Å². The number of nitrogens with zero attached hydrogens (tertiary/aromatic N) is 1. The minimum Gasteiger partial charge on any atom is -0.355 e. The van der Waals surface area contributed by atoms with Gasteiger partial charge in [-0.15, -0.1) is 0 Å². The van der Waals surface area contributed by atoms with Crippen LogP contribution >= 0.6 is 0 Å². The number of amides is 1. The SMILES string of the molecule is CCCC.CNC(=O)c1ccc(F)c(C#N)c1. The highest BCUT2D eigenvalue weighted by atomic mass is 19.1. The number of unbranched alkanes of at least 4 members (excludes halogenated alkanes) is 1. The summed E-state index contributed by atoms with van der Waals surface area (Å²) in [6, 6.07) is 5.30. The van der Waals surface area contributed by atoms with Crippen LogP contribution in [0.25, 0.3) is 0 Å². The highest BCUT2D eigenvalue weighted by Crippen LogP contribution is 2.08. The Bertz CT molecular complexity index is 408. The molecule has 1 aromatic carbocycles. The molecule has 1 aromatic rings. The quantitative estimate of drug-likeness (QED) is 0.858. The van der Waals surface area contributed by atoms with Crippen molar-refractivity contribution in [2.75, 3.05) is 7.05 Å². The predicted octanol–water partition coefficient (Wildman–Crippen LogP) is 2.86. The number of rotatable bonds is 2. The first kappa shape index (κ1) is 15.1. The van der Waals surface area contributed by atoms with Crippen molar-refractivity contribution in [2.24, 2.45) is 0 Å². The van der Waals surface area contributed by atoms with Gasteiger partial charge in [-0.2, -0.15) is 5.26 Å². The van der Waals surface area contributed by atoms with Gasteiger partial charge in [-0.25, -0.2) is 4.39 Å². The molecule has 0 bridgehead atoms. The molecule has 0 aromatic heterocycles. The van der Waals surface area contributed by atoms with Gasteiger partial charge in [-0.3, -0.25) is 4.79 Å². The van der Waals surface area contributed by atoms with E-state index < -0.39 is 5.82 Å². The molecule has 1 N–H and O–H groups in total. The van der Waals surface area contributed by atoms with Crippen LogP contribution in [0.5, 0.6) is 0 Å². The third-order valence-electron chi connectivity index (χ3n) is 2.08. The fourth-order valence-electron chi connectivity index (χ4n) is 0.897. The van der Waals surface area contributed by atoms with Crippen LogP contribution in [-0.2, 0) is 0 Å². The van der Waals surface area contributed by atoms with Gasteiger partial charge in [0, 0.05) is 12.6 Å². The molecular weight excluding hydrogens is 219 g/mol. The third-order valence-corrected chi connectivity index (χ3v) is 2.08. The number of benzene rings is 1. The third kappa shape index (κ3) is 5.12. The Morgan fingerprint density at radius 2 is 2.00 bits per heavy atom. The van der Waals surface area contributed by atoms with Crippen LogP contribution in [0.1, 0.15) is 42.6 Å². The molecule has 0 aliphatic carbocycles. The maximum absolute atomic E-state index is 12.8. The van der Waals surface area contributed by atoms with Crippen molar-refractivity contribution < 1.29 is 9.18 Å². The van der Waals surface area contributed by atoms with Gasteiger partial charge < -0.3 is 5.32 Å². The van der Waals surface area contributed by atoms with Crippen LogP contribution in [0.2, 0.25) is 0 Å². The van der Waals surface area contributed by atoms with Gasteiger partial charge in [0.05, 0.1) is 5.56 Å². The van der Waals surface area contributed by atoms with Gasteiger partial charge in [-0.1, -0.05) is 26.7 Å². The van der Waals surface area contributed by atoms with E-state index in [4.69, 9.17) is 5.26 Å². The Hall–Kier alpha value is -1.89. The van der Waals surface area contributed by atoms with Crippen molar-refractivity contribution in [3.8, 4) is 6.07 Å². The lowest BCUT2D eigenvalue weighted by Gasteiger charge is -1.99. The van der Waals surface area contributed by atoms with E-state index in [1.807, 2.05) is 0 Å². The van der Waals surface area contributed by atoms with Crippen molar-refractivity contribution in [1.82, 2.24) is 5.32 Å². The molecule has 92 valence electrons. The largest absolute Gasteiger partial charge is 0.355 e. The summed E-state index contributed by atoms with van der Waals surface area (Å²) >= 11 is 0. The number of carbonyl (C=O) groups is 1. The molecule has 0 saturated heterocycles. The number of nitrogens with one attached hydrogen (secondary N) is 1. The van der Waals surface area contributed by atoms with Crippen molar-refractivity contribution >= 4 is 5.91 Å². The second kappa shape index (κ2) is 8.28. The van der Waals surface area contributed by atoms with Crippen LogP contribution < -0.4 is 5.32 Å². The summed E-state index contributed by atoms with van der Waals surface area (Å²) in [5, 5.41) is 10.9. The molecule has 1 rings (SSSR count). The van der Waals surface area contributed by atoms with Crippen LogP contribution in [0.15, 0.2) is 18.2 Å². The second-order valence-electron chi connectivity index (χ2n) is 3.39. The van der Waals surface area contributed by atoms with Crippen LogP contribution in [0.4, 0.5) is 4.39 Å². The lowest BCUT2D eigenvalue weighted by Crippen LogP contribution is -2.17. The number of hydrogen-bond donors (Lipinski definition) is 1. The van der Waals surface area contributed by atoms with Gasteiger partial charge >= 0.3 is 0 Å². The Morgan fingerprint density at radius 1 is 1.41 bits per heavy atom. The second-order valence-corrected chi connectivity index (χ2v) is 3.39. The van der Waals surface area contributed by atoms with Crippen molar-refractivity contribution in [3.05, 3.63) is 35.1 Å². The Balaban J connectivity index is 0.000000557. The number of hydrogen-bond acceptors (Lipinski definition) is 2. The van der Waals surface area contributed by atoms with Gasteiger partial charge in [0.15, 0.2) is 0 Å². The number of nitriles is 1. The zero-order valence-electron chi connectivity index (χ0n) is 10.4. The molecule has 1 amide bonds. The average Bonchev–Trinajstić information content (AvgIpc) is 2.38. The molecule has 0 heterocycles. The van der Waals surface area contributed by atoms with Crippen molar-refractivity contribution in [2.45, 2.75) is 26.7 Å². The van der Waals surface area contributed by atoms with E-state index in [0.29, 0.717) is 0 Å². The molecule has 3 nitrogen and oxygen atoms in total. The minimum absolute atomic E-state index is 0.124. The maximum Gasteiger partial charge on any atom is 0.251 e. The number of halogens is 1. The van der Waals surface area contributed by atoms with Crippen molar-refractivity contribution in [3.63, 3.8) is 0 Å². The summed E-state index contributed by atoms with van der Waals surface area (Å²) in [7, 11) is 1.47. The van der Waals surface area contributed by atoms with Crippen LogP contribution in [-0.4, -0.2) is 13.0 Å². The van der Waals surface area contributed by atoms with Crippen molar-refractivity contribution in [1.29, 1.82) is 5.26 Å². The van der Waals surface area contributed by atoms with Gasteiger partial charge in [-0.05, 0) is 18.2 Å². The molecule has 0 unspecified atom stereocenters. The maximum atomic E-state index is 12.8. The standard InChI is InChI=1S/C9H7FN2O.C4H10/c1-12-9(13)6-2-3-8(10)7(4-6)5-11;1-3-4-2/h2-4H,1H3,(H,12,13);3-4H2,1-2H3. The van der Waals surface area contributed by atoms with E-state index in [2.05, 4.69) is 19.2 Å². The van der Waals surface area contributed by atoms with E-state index >= 15 is 0 Å². The Morgan fingerprint density at radius 3 is 2.41 bits per heavy atom. The van der Waals surface area contributed by atoms with E-state index in [1.54, 1.807) is 6.07 Å². The molecule has 0 spiro atoms. The summed E-state index contributed by atoms with van der Waals surface area (Å²) in [4.78, 5) is 11.0. The molecule has 0 radical (unpaired) electrons. The zero-order valence-corrected chi connectivity index (χ0v) is 10.4. The van der Waals surface area contributed by atoms with Gasteiger partial charge in [0.2, 0.25) is 0 Å². The van der Waals surface area contributed by atoms with Gasteiger partial charge in [0.25, 0.3) is 5.91 Å². The smallest absolute Gasteiger partial charge is 0.251 e. The Kier molecular flexibility index (Phi) is 7.36. The summed E-state index contributed by atoms with van der Waals surface area (Å²) in [6.45, 7) is 4.36. The highest BCUT2D eigenvalue weighted by molar-refractivity contribution is 5.94. The minimum atomic E-state index is -0.616. The average molecular weight is 236 g/mol. The molecule has 0 aliphatic rings. The first-order valence-electron chi connectivity index (χ1n) is 5.52. The zero-order chi connectivity index (χ0) is 13.3. The van der Waals surface area contributed by atoms with Crippen LogP contribution in [0.3, 0.4) is 0 Å². The lowest BCUT2D eigenvalue weighted by atomic mass is 10.1. The fraction of sp³-hybridized carbons (Fsp3) is 0.385. The van der Waals surface area contributed by atoms with E-state index in [0.717, 1.165) is 6.07 Å². The summed E-state index contributed by atoms with van der Waals surface area (Å²) in [5.41, 5.74) is 0.154. The molecule has 0 saturated carbocycles. The molecular formula is C13H17FN2O. The van der Waals surface area contributed by atoms with E-state index in [-0.39, 0.29) is 17.0 Å².